The Morgan fingerprint density at radius 2 is 1.64 bits per heavy atom. The number of amides is 1. The predicted molar refractivity (Wildman–Crippen MR) is 152 cm³/mol. The van der Waals surface area contributed by atoms with Gasteiger partial charge in [-0.1, -0.05) is 52.0 Å². The fourth-order valence-electron chi connectivity index (χ4n) is 4.67. The van der Waals surface area contributed by atoms with E-state index in [-0.39, 0.29) is 16.7 Å². The van der Waals surface area contributed by atoms with Crippen molar-refractivity contribution in [3.63, 3.8) is 0 Å². The molecule has 1 fully saturated rings. The number of aliphatic hydroxyl groups excluding tert-OH is 1. The third-order valence-electron chi connectivity index (χ3n) is 6.74. The number of anilines is 1. The van der Waals surface area contributed by atoms with Crippen LogP contribution in [-0.2, 0) is 15.0 Å². The molecular weight excluding hydrogens is 494 g/mol. The Hall–Kier alpha value is -4.26. The Kier molecular flexibility index (Phi) is 8.00. The fourth-order valence-corrected chi connectivity index (χ4v) is 4.67. The van der Waals surface area contributed by atoms with E-state index in [1.165, 1.54) is 12.0 Å². The zero-order valence-electron chi connectivity index (χ0n) is 23.3. The van der Waals surface area contributed by atoms with Crippen LogP contribution in [-0.4, -0.2) is 37.6 Å². The summed E-state index contributed by atoms with van der Waals surface area (Å²) in [5.74, 6) is -0.298. The number of ketones is 1. The van der Waals surface area contributed by atoms with Gasteiger partial charge >= 0.3 is 0 Å². The number of nitrogens with zero attached hydrogens (tertiary/aromatic N) is 1. The number of carbonyl (C=O) groups is 2. The van der Waals surface area contributed by atoms with Gasteiger partial charge in [0.25, 0.3) is 11.7 Å². The molecule has 0 radical (unpaired) electrons. The molecule has 0 aliphatic carbocycles. The van der Waals surface area contributed by atoms with E-state index in [0.29, 0.717) is 40.7 Å². The molecule has 0 aromatic heterocycles. The maximum absolute atomic E-state index is 13.7. The Bertz CT molecular complexity index is 1420. The third-order valence-corrected chi connectivity index (χ3v) is 6.74. The highest BCUT2D eigenvalue weighted by molar-refractivity contribution is 6.51. The molecule has 1 saturated heterocycles. The Labute approximate surface area is 229 Å². The van der Waals surface area contributed by atoms with Gasteiger partial charge in [0.15, 0.2) is 0 Å². The number of benzene rings is 3. The van der Waals surface area contributed by atoms with Gasteiger partial charge in [-0.2, -0.15) is 0 Å². The van der Waals surface area contributed by atoms with Crippen LogP contribution in [0.3, 0.4) is 0 Å². The highest BCUT2D eigenvalue weighted by atomic mass is 16.5. The number of carbonyl (C=O) groups excluding carboxylic acids is 2. The molecule has 1 atom stereocenters. The molecule has 0 spiro atoms. The van der Waals surface area contributed by atoms with Crippen molar-refractivity contribution >= 4 is 23.1 Å². The molecule has 4 rings (SSSR count). The van der Waals surface area contributed by atoms with Crippen LogP contribution in [0, 0.1) is 0 Å². The standard InChI is InChI=1S/C32H35NO6/c1-7-16-39-24-13-9-11-22(19-24)33-28(20-10-8-12-23(17-20)37-5)27(30(35)31(33)36)29(34)25-18-21(32(2,3)4)14-15-26(25)38-6/h8-15,17-19,28,34H,7,16H2,1-6H3/b29-27+. The first-order valence-corrected chi connectivity index (χ1v) is 13.0. The SMILES string of the molecule is CCCOc1cccc(N2C(=O)C(=O)/C(=C(/O)c3cc(C(C)(C)C)ccc3OC)C2c2cccc(OC)c2)c1. The van der Waals surface area contributed by atoms with Crippen LogP contribution in [0.1, 0.15) is 56.8 Å². The van der Waals surface area contributed by atoms with Crippen LogP contribution in [0.15, 0.2) is 72.3 Å². The van der Waals surface area contributed by atoms with Crippen LogP contribution in [0.25, 0.3) is 5.76 Å². The largest absolute Gasteiger partial charge is 0.507 e. The van der Waals surface area contributed by atoms with Gasteiger partial charge in [-0.25, -0.2) is 0 Å². The number of hydrogen-bond acceptors (Lipinski definition) is 6. The second-order valence-electron chi connectivity index (χ2n) is 10.5. The summed E-state index contributed by atoms with van der Waals surface area (Å²) in [6, 6.07) is 18.8. The Morgan fingerprint density at radius 1 is 0.923 bits per heavy atom. The van der Waals surface area contributed by atoms with Crippen LogP contribution in [0.5, 0.6) is 17.2 Å². The Morgan fingerprint density at radius 3 is 2.31 bits per heavy atom. The maximum Gasteiger partial charge on any atom is 0.300 e. The summed E-state index contributed by atoms with van der Waals surface area (Å²) in [7, 11) is 3.05. The second-order valence-corrected chi connectivity index (χ2v) is 10.5. The van der Waals surface area contributed by atoms with E-state index in [1.807, 2.05) is 19.1 Å². The summed E-state index contributed by atoms with van der Waals surface area (Å²) < 4.78 is 16.8. The van der Waals surface area contributed by atoms with Gasteiger partial charge in [0.05, 0.1) is 38.0 Å². The van der Waals surface area contributed by atoms with E-state index in [0.717, 1.165) is 12.0 Å². The van der Waals surface area contributed by atoms with Gasteiger partial charge in [-0.05, 0) is 59.4 Å². The minimum absolute atomic E-state index is 0.0301. The molecule has 3 aromatic rings. The number of rotatable bonds is 8. The molecule has 39 heavy (non-hydrogen) atoms. The first-order valence-electron chi connectivity index (χ1n) is 13.0. The molecule has 1 amide bonds. The minimum atomic E-state index is -0.912. The molecule has 3 aromatic carbocycles. The lowest BCUT2D eigenvalue weighted by molar-refractivity contribution is -0.132. The minimum Gasteiger partial charge on any atom is -0.507 e. The number of aliphatic hydroxyl groups is 1. The van der Waals surface area contributed by atoms with Crippen molar-refractivity contribution in [2.24, 2.45) is 0 Å². The van der Waals surface area contributed by atoms with Crippen molar-refractivity contribution in [2.75, 3.05) is 25.7 Å². The molecule has 1 aliphatic rings. The number of ether oxygens (including phenoxy) is 3. The average Bonchev–Trinajstić information content (AvgIpc) is 3.20. The number of hydrogen-bond donors (Lipinski definition) is 1. The first kappa shape index (κ1) is 27.8. The number of methoxy groups -OCH3 is 2. The van der Waals surface area contributed by atoms with Crippen molar-refractivity contribution in [1.29, 1.82) is 0 Å². The summed E-state index contributed by atoms with van der Waals surface area (Å²) in [4.78, 5) is 28.7. The van der Waals surface area contributed by atoms with Gasteiger partial charge in [0.2, 0.25) is 0 Å². The van der Waals surface area contributed by atoms with Crippen LogP contribution in [0.2, 0.25) is 0 Å². The van der Waals surface area contributed by atoms with Crippen molar-refractivity contribution in [1.82, 2.24) is 0 Å². The summed E-state index contributed by atoms with van der Waals surface area (Å²) in [5.41, 5.74) is 2.12. The molecule has 1 heterocycles. The predicted octanol–water partition coefficient (Wildman–Crippen LogP) is 6.42. The number of Topliss-reactive ketones (excluding diaryl/α,β-unsaturated/α-hetero) is 1. The van der Waals surface area contributed by atoms with Crippen LogP contribution in [0.4, 0.5) is 5.69 Å². The Balaban J connectivity index is 1.97. The summed E-state index contributed by atoms with van der Waals surface area (Å²) >= 11 is 0. The van der Waals surface area contributed by atoms with E-state index >= 15 is 0 Å². The lowest BCUT2D eigenvalue weighted by Crippen LogP contribution is -2.29. The van der Waals surface area contributed by atoms with E-state index in [9.17, 15) is 14.7 Å². The van der Waals surface area contributed by atoms with Crippen molar-refractivity contribution in [3.05, 3.63) is 89.0 Å². The molecule has 0 bridgehead atoms. The van der Waals surface area contributed by atoms with Gasteiger partial charge in [0.1, 0.15) is 23.0 Å². The molecule has 1 unspecified atom stereocenters. The average molecular weight is 530 g/mol. The highest BCUT2D eigenvalue weighted by Gasteiger charge is 2.47. The van der Waals surface area contributed by atoms with E-state index in [4.69, 9.17) is 14.2 Å². The first-order chi connectivity index (χ1) is 18.6. The van der Waals surface area contributed by atoms with Crippen LogP contribution >= 0.6 is 0 Å². The van der Waals surface area contributed by atoms with Crippen molar-refractivity contribution in [2.45, 2.75) is 45.6 Å². The summed E-state index contributed by atoms with van der Waals surface area (Å²) in [6.45, 7) is 8.70. The van der Waals surface area contributed by atoms with Gasteiger partial charge in [0, 0.05) is 11.8 Å². The van der Waals surface area contributed by atoms with Gasteiger partial charge < -0.3 is 19.3 Å². The fraction of sp³-hybridized carbons (Fsp3) is 0.312. The van der Waals surface area contributed by atoms with Crippen LogP contribution < -0.4 is 19.1 Å². The van der Waals surface area contributed by atoms with Gasteiger partial charge in [-0.15, -0.1) is 0 Å². The zero-order chi connectivity index (χ0) is 28.3. The van der Waals surface area contributed by atoms with E-state index in [1.54, 1.807) is 61.7 Å². The molecule has 7 heteroatoms. The van der Waals surface area contributed by atoms with Crippen molar-refractivity contribution < 1.29 is 28.9 Å². The summed E-state index contributed by atoms with van der Waals surface area (Å²) in [6.07, 6.45) is 0.827. The molecule has 1 aliphatic heterocycles. The summed E-state index contributed by atoms with van der Waals surface area (Å²) in [5, 5.41) is 11.7. The zero-order valence-corrected chi connectivity index (χ0v) is 23.3. The molecule has 0 saturated carbocycles. The smallest absolute Gasteiger partial charge is 0.300 e. The quantitative estimate of drug-likeness (QED) is 0.206. The lowest BCUT2D eigenvalue weighted by Gasteiger charge is -2.26. The van der Waals surface area contributed by atoms with E-state index in [2.05, 4.69) is 20.8 Å². The normalized spacial score (nSPS) is 16.9. The molecule has 7 nitrogen and oxygen atoms in total. The van der Waals surface area contributed by atoms with E-state index < -0.39 is 17.7 Å². The van der Waals surface area contributed by atoms with Gasteiger partial charge in [-0.3, -0.25) is 14.5 Å². The maximum atomic E-state index is 13.7. The second kappa shape index (κ2) is 11.2. The monoisotopic (exact) mass is 529 g/mol. The lowest BCUT2D eigenvalue weighted by atomic mass is 9.85. The topological polar surface area (TPSA) is 85.3 Å². The molecule has 1 N–H and O–H groups in total. The van der Waals surface area contributed by atoms with Crippen molar-refractivity contribution in [3.8, 4) is 17.2 Å². The third kappa shape index (κ3) is 5.48. The molecular formula is C32H35NO6. The highest BCUT2D eigenvalue weighted by Crippen LogP contribution is 2.45. The molecule has 204 valence electrons.